The second-order valence-electron chi connectivity index (χ2n) is 3.86. The summed E-state index contributed by atoms with van der Waals surface area (Å²) >= 11 is 1.34. The first-order chi connectivity index (χ1) is 8.72. The smallest absolute Gasteiger partial charge is 0.299 e. The first-order valence-electron chi connectivity index (χ1n) is 5.42. The Kier molecular flexibility index (Phi) is 2.60. The molecule has 0 bridgehead atoms. The molecule has 0 fully saturated rings. The quantitative estimate of drug-likeness (QED) is 0.764. The van der Waals surface area contributed by atoms with Crippen molar-refractivity contribution in [3.63, 3.8) is 0 Å². The fourth-order valence-electron chi connectivity index (χ4n) is 1.70. The Morgan fingerprint density at radius 2 is 1.83 bits per heavy atom. The first-order valence-corrected chi connectivity index (χ1v) is 6.24. The van der Waals surface area contributed by atoms with E-state index >= 15 is 0 Å². The third kappa shape index (κ3) is 2.00. The highest BCUT2D eigenvalue weighted by Gasteiger charge is 2.09. The Morgan fingerprint density at radius 3 is 2.50 bits per heavy atom. The molecule has 0 spiro atoms. The number of phenolic OH excluding ortho intramolecular Hbond substituents is 1. The zero-order valence-corrected chi connectivity index (χ0v) is 10.4. The SMILES string of the molecule is Cc1nnc(Oc2cc3ccccc3cc2O)s1. The number of phenols is 1. The zero-order chi connectivity index (χ0) is 12.5. The van der Waals surface area contributed by atoms with Crippen LogP contribution in [0, 0.1) is 6.92 Å². The minimum Gasteiger partial charge on any atom is -0.504 e. The number of nitrogens with zero attached hydrogens (tertiary/aromatic N) is 2. The average Bonchev–Trinajstić information content (AvgIpc) is 2.76. The molecule has 90 valence electrons. The van der Waals surface area contributed by atoms with E-state index in [4.69, 9.17) is 4.74 Å². The molecule has 0 radical (unpaired) electrons. The van der Waals surface area contributed by atoms with Gasteiger partial charge in [-0.05, 0) is 29.8 Å². The summed E-state index contributed by atoms with van der Waals surface area (Å²) in [6, 6.07) is 11.2. The lowest BCUT2D eigenvalue weighted by atomic mass is 10.1. The number of aryl methyl sites for hydroxylation is 1. The van der Waals surface area contributed by atoms with Gasteiger partial charge in [-0.1, -0.05) is 40.7 Å². The number of rotatable bonds is 2. The molecule has 3 rings (SSSR count). The third-order valence-corrected chi connectivity index (χ3v) is 3.25. The number of aromatic nitrogens is 2. The molecular formula is C13H10N2O2S. The van der Waals surface area contributed by atoms with Gasteiger partial charge in [0.1, 0.15) is 5.01 Å². The van der Waals surface area contributed by atoms with Crippen LogP contribution in [0.5, 0.6) is 16.7 Å². The second-order valence-corrected chi connectivity index (χ2v) is 5.00. The second kappa shape index (κ2) is 4.27. The van der Waals surface area contributed by atoms with Crippen molar-refractivity contribution in [2.45, 2.75) is 6.92 Å². The topological polar surface area (TPSA) is 55.2 Å². The Hall–Kier alpha value is -2.14. The Balaban J connectivity index is 2.03. The summed E-state index contributed by atoms with van der Waals surface area (Å²) < 4.78 is 5.53. The molecule has 0 amide bonds. The predicted molar refractivity (Wildman–Crippen MR) is 70.3 cm³/mol. The van der Waals surface area contributed by atoms with E-state index in [2.05, 4.69) is 10.2 Å². The van der Waals surface area contributed by atoms with Crippen LogP contribution in [0.1, 0.15) is 5.01 Å². The van der Waals surface area contributed by atoms with E-state index in [0.29, 0.717) is 10.9 Å². The predicted octanol–water partition coefficient (Wildman–Crippen LogP) is 3.50. The van der Waals surface area contributed by atoms with Crippen molar-refractivity contribution >= 4 is 22.1 Å². The first kappa shape index (κ1) is 11.0. The van der Waals surface area contributed by atoms with Crippen LogP contribution in [0.4, 0.5) is 0 Å². The normalized spacial score (nSPS) is 10.7. The van der Waals surface area contributed by atoms with Crippen molar-refractivity contribution in [1.82, 2.24) is 10.2 Å². The largest absolute Gasteiger partial charge is 0.504 e. The van der Waals surface area contributed by atoms with Crippen LogP contribution in [-0.2, 0) is 0 Å². The number of benzene rings is 2. The van der Waals surface area contributed by atoms with Crippen molar-refractivity contribution in [2.75, 3.05) is 0 Å². The minimum absolute atomic E-state index is 0.0987. The van der Waals surface area contributed by atoms with E-state index in [1.54, 1.807) is 12.1 Å². The zero-order valence-electron chi connectivity index (χ0n) is 9.62. The van der Waals surface area contributed by atoms with Crippen LogP contribution in [0.25, 0.3) is 10.8 Å². The van der Waals surface area contributed by atoms with Crippen molar-refractivity contribution in [3.05, 3.63) is 41.4 Å². The van der Waals surface area contributed by atoms with Gasteiger partial charge in [-0.15, -0.1) is 5.10 Å². The highest BCUT2D eigenvalue weighted by atomic mass is 32.1. The summed E-state index contributed by atoms with van der Waals surface area (Å²) in [6.45, 7) is 1.85. The molecule has 2 aromatic carbocycles. The molecule has 1 heterocycles. The molecule has 0 saturated carbocycles. The van der Waals surface area contributed by atoms with Gasteiger partial charge >= 0.3 is 0 Å². The number of ether oxygens (including phenoxy) is 1. The lowest BCUT2D eigenvalue weighted by Gasteiger charge is -2.06. The summed E-state index contributed by atoms with van der Waals surface area (Å²) in [4.78, 5) is 0. The van der Waals surface area contributed by atoms with Gasteiger partial charge in [0.15, 0.2) is 11.5 Å². The summed E-state index contributed by atoms with van der Waals surface area (Å²) in [7, 11) is 0. The molecule has 0 atom stereocenters. The number of fused-ring (bicyclic) bond motifs is 1. The third-order valence-electron chi connectivity index (χ3n) is 2.53. The van der Waals surface area contributed by atoms with Crippen LogP contribution < -0.4 is 4.74 Å². The van der Waals surface area contributed by atoms with Gasteiger partial charge in [-0.3, -0.25) is 0 Å². The van der Waals surface area contributed by atoms with Crippen molar-refractivity contribution < 1.29 is 9.84 Å². The molecule has 0 aliphatic heterocycles. The van der Waals surface area contributed by atoms with Crippen molar-refractivity contribution in [1.29, 1.82) is 0 Å². The fourth-order valence-corrected chi connectivity index (χ4v) is 2.25. The summed E-state index contributed by atoms with van der Waals surface area (Å²) in [5.41, 5.74) is 0. The highest BCUT2D eigenvalue weighted by molar-refractivity contribution is 7.13. The van der Waals surface area contributed by atoms with Gasteiger partial charge in [0.05, 0.1) is 0 Å². The van der Waals surface area contributed by atoms with Crippen LogP contribution in [0.3, 0.4) is 0 Å². The molecule has 0 aliphatic rings. The van der Waals surface area contributed by atoms with E-state index < -0.39 is 0 Å². The van der Waals surface area contributed by atoms with E-state index in [1.165, 1.54) is 11.3 Å². The van der Waals surface area contributed by atoms with Crippen LogP contribution >= 0.6 is 11.3 Å². The number of aromatic hydroxyl groups is 1. The van der Waals surface area contributed by atoms with Gasteiger partial charge < -0.3 is 9.84 Å². The van der Waals surface area contributed by atoms with Gasteiger partial charge in [-0.2, -0.15) is 0 Å². The molecule has 0 aliphatic carbocycles. The standard InChI is InChI=1S/C13H10N2O2S/c1-8-14-15-13(18-8)17-12-7-10-5-3-2-4-9(10)6-11(12)16/h2-7,16H,1H3. The molecule has 1 N–H and O–H groups in total. The Morgan fingerprint density at radius 1 is 1.11 bits per heavy atom. The van der Waals surface area contributed by atoms with Gasteiger partial charge in [0.2, 0.25) is 0 Å². The van der Waals surface area contributed by atoms with E-state index in [0.717, 1.165) is 15.8 Å². The van der Waals surface area contributed by atoms with Gasteiger partial charge in [-0.25, -0.2) is 0 Å². The molecular weight excluding hydrogens is 248 g/mol. The lowest BCUT2D eigenvalue weighted by molar-refractivity contribution is 0.409. The minimum atomic E-state index is 0.0987. The van der Waals surface area contributed by atoms with Gasteiger partial charge in [0, 0.05) is 0 Å². The summed E-state index contributed by atoms with van der Waals surface area (Å²) in [5.74, 6) is 0.492. The Labute approximate surface area is 107 Å². The summed E-state index contributed by atoms with van der Waals surface area (Å²) in [6.07, 6.45) is 0. The Bertz CT molecular complexity index is 709. The highest BCUT2D eigenvalue weighted by Crippen LogP contribution is 2.35. The maximum Gasteiger partial charge on any atom is 0.299 e. The van der Waals surface area contributed by atoms with E-state index in [9.17, 15) is 5.11 Å². The van der Waals surface area contributed by atoms with Crippen LogP contribution in [0.15, 0.2) is 36.4 Å². The molecule has 5 heteroatoms. The maximum atomic E-state index is 9.91. The van der Waals surface area contributed by atoms with E-state index in [1.807, 2.05) is 31.2 Å². The van der Waals surface area contributed by atoms with E-state index in [-0.39, 0.29) is 5.75 Å². The molecule has 0 saturated heterocycles. The molecule has 3 aromatic rings. The number of hydrogen-bond acceptors (Lipinski definition) is 5. The fraction of sp³-hybridized carbons (Fsp3) is 0.0769. The lowest BCUT2D eigenvalue weighted by Crippen LogP contribution is -1.85. The van der Waals surface area contributed by atoms with Crippen molar-refractivity contribution in [3.8, 4) is 16.7 Å². The maximum absolute atomic E-state index is 9.91. The molecule has 1 aromatic heterocycles. The van der Waals surface area contributed by atoms with Gasteiger partial charge in [0.25, 0.3) is 5.19 Å². The molecule has 0 unspecified atom stereocenters. The monoisotopic (exact) mass is 258 g/mol. The summed E-state index contributed by atoms with van der Waals surface area (Å²) in [5, 5.41) is 20.9. The average molecular weight is 258 g/mol. The van der Waals surface area contributed by atoms with Crippen molar-refractivity contribution in [2.24, 2.45) is 0 Å². The molecule has 18 heavy (non-hydrogen) atoms. The van der Waals surface area contributed by atoms with Crippen LogP contribution in [0.2, 0.25) is 0 Å². The number of hydrogen-bond donors (Lipinski definition) is 1. The molecule has 4 nitrogen and oxygen atoms in total. The van der Waals surface area contributed by atoms with Crippen LogP contribution in [-0.4, -0.2) is 15.3 Å².